The molecule has 0 saturated heterocycles. The zero-order valence-corrected chi connectivity index (χ0v) is 13.7. The van der Waals surface area contributed by atoms with E-state index in [1.165, 1.54) is 31.2 Å². The van der Waals surface area contributed by atoms with Crippen molar-refractivity contribution in [3.05, 3.63) is 47.8 Å². The Morgan fingerprint density at radius 1 is 1.08 bits per heavy atom. The van der Waals surface area contributed by atoms with Crippen molar-refractivity contribution in [2.75, 3.05) is 16.8 Å². The van der Waals surface area contributed by atoms with Gasteiger partial charge in [-0.15, -0.1) is 0 Å². The maximum absolute atomic E-state index is 12.8. The minimum absolute atomic E-state index is 0.0189. The Bertz CT molecular complexity index is 722. The van der Waals surface area contributed by atoms with Gasteiger partial charge in [0.1, 0.15) is 0 Å². The number of amides is 1. The summed E-state index contributed by atoms with van der Waals surface area (Å²) in [5, 5.41) is 3.36. The van der Waals surface area contributed by atoms with Crippen LogP contribution in [0.3, 0.4) is 0 Å². The van der Waals surface area contributed by atoms with Crippen molar-refractivity contribution < 1.29 is 4.79 Å². The Labute approximate surface area is 142 Å². The molecular formula is C19H22N4O. The topological polar surface area (TPSA) is 58.1 Å². The van der Waals surface area contributed by atoms with Crippen LogP contribution in [-0.2, 0) is 6.42 Å². The number of para-hydroxylation sites is 1. The molecule has 0 bridgehead atoms. The van der Waals surface area contributed by atoms with Crippen molar-refractivity contribution in [2.45, 2.75) is 44.6 Å². The lowest BCUT2D eigenvalue weighted by Crippen LogP contribution is -2.35. The third-order valence-corrected chi connectivity index (χ3v) is 4.94. The van der Waals surface area contributed by atoms with Crippen LogP contribution in [0.1, 0.15) is 48.0 Å². The zero-order valence-electron chi connectivity index (χ0n) is 13.7. The largest absolute Gasteiger partial charge is 0.351 e. The molecule has 5 nitrogen and oxygen atoms in total. The van der Waals surface area contributed by atoms with E-state index in [0.29, 0.717) is 17.6 Å². The number of anilines is 2. The number of fused-ring (bicyclic) bond motifs is 1. The number of carbonyl (C=O) groups is 1. The second kappa shape index (κ2) is 6.59. The van der Waals surface area contributed by atoms with E-state index in [1.54, 1.807) is 12.4 Å². The van der Waals surface area contributed by atoms with Crippen molar-refractivity contribution in [1.82, 2.24) is 9.97 Å². The molecule has 1 amide bonds. The number of benzene rings is 1. The number of nitrogens with one attached hydrogen (secondary N) is 1. The van der Waals surface area contributed by atoms with Crippen LogP contribution in [0.25, 0.3) is 0 Å². The fraction of sp³-hybridized carbons (Fsp3) is 0.421. The minimum atomic E-state index is -0.0189. The Balaban J connectivity index is 1.50. The summed E-state index contributed by atoms with van der Waals surface area (Å²) in [6, 6.07) is 8.60. The highest BCUT2D eigenvalue weighted by Crippen LogP contribution is 2.28. The minimum Gasteiger partial charge on any atom is -0.351 e. The molecule has 4 rings (SSSR count). The van der Waals surface area contributed by atoms with Crippen molar-refractivity contribution in [3.8, 4) is 0 Å². The normalized spacial score (nSPS) is 17.6. The summed E-state index contributed by atoms with van der Waals surface area (Å²) in [6.07, 6.45) is 10.2. The molecule has 124 valence electrons. The molecule has 1 aliphatic carbocycles. The SMILES string of the molecule is O=C(c1cnc(NC2CCCC2)nc1)N1CCCc2ccccc21. The second-order valence-electron chi connectivity index (χ2n) is 6.61. The summed E-state index contributed by atoms with van der Waals surface area (Å²) in [6.45, 7) is 0.748. The Hall–Kier alpha value is -2.43. The number of nitrogens with zero attached hydrogens (tertiary/aromatic N) is 3. The van der Waals surface area contributed by atoms with Crippen LogP contribution in [0.4, 0.5) is 11.6 Å². The summed E-state index contributed by atoms with van der Waals surface area (Å²) in [7, 11) is 0. The molecule has 1 aliphatic heterocycles. The molecule has 1 aromatic heterocycles. The smallest absolute Gasteiger partial charge is 0.261 e. The van der Waals surface area contributed by atoms with Gasteiger partial charge in [-0.3, -0.25) is 4.79 Å². The van der Waals surface area contributed by atoms with E-state index in [9.17, 15) is 4.79 Å². The van der Waals surface area contributed by atoms with Crippen LogP contribution in [0, 0.1) is 0 Å². The van der Waals surface area contributed by atoms with Crippen molar-refractivity contribution in [3.63, 3.8) is 0 Å². The molecule has 1 aromatic carbocycles. The molecule has 1 fully saturated rings. The summed E-state index contributed by atoms with van der Waals surface area (Å²) >= 11 is 0. The van der Waals surface area contributed by atoms with Gasteiger partial charge in [0.2, 0.25) is 5.95 Å². The van der Waals surface area contributed by atoms with Crippen LogP contribution < -0.4 is 10.2 Å². The number of aryl methyl sites for hydroxylation is 1. The molecule has 0 radical (unpaired) electrons. The van der Waals surface area contributed by atoms with Gasteiger partial charge in [-0.2, -0.15) is 0 Å². The molecule has 0 unspecified atom stereocenters. The fourth-order valence-electron chi connectivity index (χ4n) is 3.67. The number of hydrogen-bond donors (Lipinski definition) is 1. The highest BCUT2D eigenvalue weighted by molar-refractivity contribution is 6.06. The molecule has 1 N–H and O–H groups in total. The number of rotatable bonds is 3. The maximum atomic E-state index is 12.8. The molecule has 2 heterocycles. The maximum Gasteiger partial charge on any atom is 0.261 e. The van der Waals surface area contributed by atoms with Gasteiger partial charge in [0.05, 0.1) is 5.56 Å². The quantitative estimate of drug-likeness (QED) is 0.940. The first kappa shape index (κ1) is 15.1. The van der Waals surface area contributed by atoms with Crippen LogP contribution in [-0.4, -0.2) is 28.5 Å². The Morgan fingerprint density at radius 3 is 2.62 bits per heavy atom. The van der Waals surface area contributed by atoms with Crippen molar-refractivity contribution >= 4 is 17.5 Å². The molecule has 0 spiro atoms. The van der Waals surface area contributed by atoms with Gasteiger partial charge in [0.15, 0.2) is 0 Å². The van der Waals surface area contributed by atoms with Gasteiger partial charge < -0.3 is 10.2 Å². The van der Waals surface area contributed by atoms with E-state index in [2.05, 4.69) is 21.4 Å². The van der Waals surface area contributed by atoms with Crippen LogP contribution in [0.5, 0.6) is 0 Å². The molecule has 24 heavy (non-hydrogen) atoms. The molecule has 5 heteroatoms. The van der Waals surface area contributed by atoms with E-state index in [-0.39, 0.29) is 5.91 Å². The van der Waals surface area contributed by atoms with Crippen molar-refractivity contribution in [1.29, 1.82) is 0 Å². The summed E-state index contributed by atoms with van der Waals surface area (Å²) in [4.78, 5) is 23.4. The van der Waals surface area contributed by atoms with Gasteiger partial charge in [0, 0.05) is 30.7 Å². The third kappa shape index (κ3) is 2.98. The fourth-order valence-corrected chi connectivity index (χ4v) is 3.67. The number of aromatic nitrogens is 2. The average Bonchev–Trinajstić information content (AvgIpc) is 3.14. The zero-order chi connectivity index (χ0) is 16.4. The van der Waals surface area contributed by atoms with E-state index >= 15 is 0 Å². The van der Waals surface area contributed by atoms with Crippen LogP contribution in [0.2, 0.25) is 0 Å². The first-order valence-electron chi connectivity index (χ1n) is 8.79. The van der Waals surface area contributed by atoms with Gasteiger partial charge in [0.25, 0.3) is 5.91 Å². The summed E-state index contributed by atoms with van der Waals surface area (Å²) < 4.78 is 0. The second-order valence-corrected chi connectivity index (χ2v) is 6.61. The molecule has 2 aromatic rings. The van der Waals surface area contributed by atoms with E-state index < -0.39 is 0 Å². The van der Waals surface area contributed by atoms with Crippen LogP contribution >= 0.6 is 0 Å². The van der Waals surface area contributed by atoms with Crippen LogP contribution in [0.15, 0.2) is 36.7 Å². The standard InChI is InChI=1S/C19H22N4O/c24-18(23-11-5-7-14-6-1-4-10-17(14)23)15-12-20-19(21-13-15)22-16-8-2-3-9-16/h1,4,6,10,12-13,16H,2-3,5,7-9,11H2,(H,20,21,22). The van der Waals surface area contributed by atoms with Gasteiger partial charge in [-0.1, -0.05) is 31.0 Å². The number of hydrogen-bond acceptors (Lipinski definition) is 4. The van der Waals surface area contributed by atoms with Crippen molar-refractivity contribution in [2.24, 2.45) is 0 Å². The Morgan fingerprint density at radius 2 is 1.83 bits per heavy atom. The monoisotopic (exact) mass is 322 g/mol. The van der Waals surface area contributed by atoms with Gasteiger partial charge in [-0.25, -0.2) is 9.97 Å². The summed E-state index contributed by atoms with van der Waals surface area (Å²) in [5.41, 5.74) is 2.79. The lowest BCUT2D eigenvalue weighted by molar-refractivity contribution is 0.0984. The summed E-state index contributed by atoms with van der Waals surface area (Å²) in [5.74, 6) is 0.604. The molecule has 0 atom stereocenters. The number of carbonyl (C=O) groups excluding carboxylic acids is 1. The van der Waals surface area contributed by atoms with Gasteiger partial charge >= 0.3 is 0 Å². The lowest BCUT2D eigenvalue weighted by Gasteiger charge is -2.29. The molecular weight excluding hydrogens is 300 g/mol. The Kier molecular flexibility index (Phi) is 4.15. The molecule has 2 aliphatic rings. The lowest BCUT2D eigenvalue weighted by atomic mass is 10.0. The van der Waals surface area contributed by atoms with E-state index in [4.69, 9.17) is 0 Å². The van der Waals surface area contributed by atoms with E-state index in [1.807, 2.05) is 23.1 Å². The molecule has 1 saturated carbocycles. The highest BCUT2D eigenvalue weighted by Gasteiger charge is 2.24. The first-order valence-corrected chi connectivity index (χ1v) is 8.79. The first-order chi connectivity index (χ1) is 11.8. The van der Waals surface area contributed by atoms with Gasteiger partial charge in [-0.05, 0) is 37.3 Å². The average molecular weight is 322 g/mol. The van der Waals surface area contributed by atoms with E-state index in [0.717, 1.165) is 25.1 Å². The highest BCUT2D eigenvalue weighted by atomic mass is 16.2. The third-order valence-electron chi connectivity index (χ3n) is 4.94. The predicted molar refractivity (Wildman–Crippen MR) is 94.4 cm³/mol. The predicted octanol–water partition coefficient (Wildman–Crippen LogP) is 3.42.